The van der Waals surface area contributed by atoms with Gasteiger partial charge in [0.15, 0.2) is 6.04 Å². The molecule has 2 aromatic carbocycles. The summed E-state index contributed by atoms with van der Waals surface area (Å²) in [4.78, 5) is 16.2. The molecule has 3 rings (SSSR count). The summed E-state index contributed by atoms with van der Waals surface area (Å²) in [6.45, 7) is 7.24. The van der Waals surface area contributed by atoms with Gasteiger partial charge in [0.2, 0.25) is 0 Å². The minimum absolute atomic E-state index is 0.00934. The van der Waals surface area contributed by atoms with Crippen LogP contribution in [0.25, 0.3) is 0 Å². The molecule has 1 heterocycles. The summed E-state index contributed by atoms with van der Waals surface area (Å²) in [7, 11) is 1.60. The third-order valence-electron chi connectivity index (χ3n) is 5.25. The topological polar surface area (TPSA) is 66.2 Å². The van der Waals surface area contributed by atoms with Crippen molar-refractivity contribution in [2.45, 2.75) is 19.9 Å². The van der Waals surface area contributed by atoms with E-state index >= 15 is 0 Å². The normalized spacial score (nSPS) is 16.0. The molecule has 3 N–H and O–H groups in total. The van der Waals surface area contributed by atoms with E-state index in [4.69, 9.17) is 4.74 Å². The highest BCUT2D eigenvalue weighted by Crippen LogP contribution is 2.26. The van der Waals surface area contributed by atoms with E-state index in [9.17, 15) is 9.90 Å². The lowest BCUT2D eigenvalue weighted by atomic mass is 10.1. The lowest BCUT2D eigenvalue weighted by Crippen LogP contribution is -3.19. The molecule has 0 unspecified atom stereocenters. The molecule has 0 radical (unpaired) electrons. The Labute approximate surface area is 160 Å². The molecule has 6 nitrogen and oxygen atoms in total. The van der Waals surface area contributed by atoms with Gasteiger partial charge in [-0.1, -0.05) is 18.2 Å². The lowest BCUT2D eigenvalue weighted by Gasteiger charge is -2.36. The third kappa shape index (κ3) is 4.34. The lowest BCUT2D eigenvalue weighted by molar-refractivity contribution is -0.914. The Morgan fingerprint density at radius 3 is 2.59 bits per heavy atom. The standard InChI is InChI=1S/C21H27N3O3/c1-15-8-9-20(27-3)17(14-15)22-21(26)16(2)23-10-12-24(13-11-23)18-6-4-5-7-19(18)25/h4-9,14,16,25H,10-13H2,1-3H3,(H,22,26)/p+1/t16-/m1/s1. The van der Waals surface area contributed by atoms with Crippen molar-refractivity contribution in [1.29, 1.82) is 0 Å². The molecule has 6 heteroatoms. The molecule has 0 aliphatic carbocycles. The van der Waals surface area contributed by atoms with Gasteiger partial charge in [-0.3, -0.25) is 4.79 Å². The van der Waals surface area contributed by atoms with Gasteiger partial charge in [0.1, 0.15) is 11.5 Å². The van der Waals surface area contributed by atoms with E-state index in [0.29, 0.717) is 17.2 Å². The molecular weight excluding hydrogens is 342 g/mol. The molecule has 0 saturated carbocycles. The predicted molar refractivity (Wildman–Crippen MR) is 107 cm³/mol. The molecule has 2 aromatic rings. The van der Waals surface area contributed by atoms with Gasteiger partial charge in [0, 0.05) is 0 Å². The number of phenols is 1. The first kappa shape index (κ1) is 19.0. The molecular formula is C21H28N3O3+. The van der Waals surface area contributed by atoms with Crippen molar-refractivity contribution in [1.82, 2.24) is 0 Å². The largest absolute Gasteiger partial charge is 0.506 e. The monoisotopic (exact) mass is 370 g/mol. The molecule has 1 aliphatic rings. The minimum atomic E-state index is -0.165. The van der Waals surface area contributed by atoms with Gasteiger partial charge in [-0.2, -0.15) is 0 Å². The number of carbonyl (C=O) groups excluding carboxylic acids is 1. The van der Waals surface area contributed by atoms with E-state index in [2.05, 4.69) is 10.2 Å². The number of amides is 1. The summed E-state index contributed by atoms with van der Waals surface area (Å²) in [6, 6.07) is 13.0. The number of phenolic OH excluding ortho intramolecular Hbond substituents is 1. The Morgan fingerprint density at radius 1 is 1.22 bits per heavy atom. The highest BCUT2D eigenvalue weighted by molar-refractivity contribution is 5.95. The SMILES string of the molecule is COc1ccc(C)cc1NC(=O)[C@@H](C)[NH+]1CCN(c2ccccc2O)CC1. The highest BCUT2D eigenvalue weighted by Gasteiger charge is 2.30. The van der Waals surface area contributed by atoms with Gasteiger partial charge < -0.3 is 25.0 Å². The number of rotatable bonds is 5. The van der Waals surface area contributed by atoms with Crippen molar-refractivity contribution in [3.05, 3.63) is 48.0 Å². The van der Waals surface area contributed by atoms with E-state index in [1.807, 2.05) is 50.2 Å². The van der Waals surface area contributed by atoms with Gasteiger partial charge in [-0.15, -0.1) is 0 Å². The number of hydrogen-bond acceptors (Lipinski definition) is 4. The number of para-hydroxylation sites is 2. The molecule has 27 heavy (non-hydrogen) atoms. The number of aromatic hydroxyl groups is 1. The van der Waals surface area contributed by atoms with Gasteiger partial charge >= 0.3 is 0 Å². The number of methoxy groups -OCH3 is 1. The Kier molecular flexibility index (Phi) is 5.86. The van der Waals surface area contributed by atoms with E-state index < -0.39 is 0 Å². The quantitative estimate of drug-likeness (QED) is 0.745. The number of quaternary nitrogens is 1. The Hall–Kier alpha value is -2.73. The maximum absolute atomic E-state index is 12.8. The summed E-state index contributed by atoms with van der Waals surface area (Å²) in [6.07, 6.45) is 0. The number of piperazine rings is 1. The summed E-state index contributed by atoms with van der Waals surface area (Å²) >= 11 is 0. The summed E-state index contributed by atoms with van der Waals surface area (Å²) < 4.78 is 5.35. The average molecular weight is 370 g/mol. The summed E-state index contributed by atoms with van der Waals surface area (Å²) in [5.74, 6) is 0.962. The fourth-order valence-electron chi connectivity index (χ4n) is 3.55. The molecule has 144 valence electrons. The Bertz CT molecular complexity index is 801. The summed E-state index contributed by atoms with van der Waals surface area (Å²) in [5, 5.41) is 13.1. The predicted octanol–water partition coefficient (Wildman–Crippen LogP) is 1.44. The number of benzene rings is 2. The van der Waals surface area contributed by atoms with Crippen LogP contribution in [0, 0.1) is 6.92 Å². The van der Waals surface area contributed by atoms with Crippen LogP contribution in [0.2, 0.25) is 0 Å². The zero-order valence-corrected chi connectivity index (χ0v) is 16.2. The number of carbonyl (C=O) groups is 1. The second-order valence-electron chi connectivity index (χ2n) is 7.05. The zero-order valence-electron chi connectivity index (χ0n) is 16.2. The Balaban J connectivity index is 1.61. The van der Waals surface area contributed by atoms with Crippen molar-refractivity contribution in [3.63, 3.8) is 0 Å². The zero-order chi connectivity index (χ0) is 19.4. The van der Waals surface area contributed by atoms with E-state index in [1.54, 1.807) is 13.2 Å². The van der Waals surface area contributed by atoms with Gasteiger partial charge in [0.05, 0.1) is 44.7 Å². The first-order valence-corrected chi connectivity index (χ1v) is 9.32. The number of hydrogen-bond donors (Lipinski definition) is 3. The van der Waals surface area contributed by atoms with Gasteiger partial charge in [-0.25, -0.2) is 0 Å². The first-order valence-electron chi connectivity index (χ1n) is 9.32. The van der Waals surface area contributed by atoms with Crippen LogP contribution in [-0.2, 0) is 4.79 Å². The minimum Gasteiger partial charge on any atom is -0.506 e. The maximum atomic E-state index is 12.8. The fourth-order valence-corrected chi connectivity index (χ4v) is 3.55. The first-order chi connectivity index (χ1) is 13.0. The maximum Gasteiger partial charge on any atom is 0.282 e. The molecule has 0 spiro atoms. The molecule has 1 amide bonds. The van der Waals surface area contributed by atoms with E-state index in [0.717, 1.165) is 37.4 Å². The number of aryl methyl sites for hydroxylation is 1. The highest BCUT2D eigenvalue weighted by atomic mass is 16.5. The van der Waals surface area contributed by atoms with Crippen molar-refractivity contribution < 1.29 is 19.5 Å². The van der Waals surface area contributed by atoms with Crippen LogP contribution in [0.15, 0.2) is 42.5 Å². The third-order valence-corrected chi connectivity index (χ3v) is 5.25. The van der Waals surface area contributed by atoms with Crippen LogP contribution in [0.1, 0.15) is 12.5 Å². The van der Waals surface area contributed by atoms with Crippen molar-refractivity contribution in [2.75, 3.05) is 43.5 Å². The number of anilines is 2. The van der Waals surface area contributed by atoms with Crippen LogP contribution in [-0.4, -0.2) is 50.3 Å². The van der Waals surface area contributed by atoms with E-state index in [-0.39, 0.29) is 11.9 Å². The van der Waals surface area contributed by atoms with Gasteiger partial charge in [0.25, 0.3) is 5.91 Å². The van der Waals surface area contributed by atoms with Crippen LogP contribution in [0.5, 0.6) is 11.5 Å². The van der Waals surface area contributed by atoms with Crippen molar-refractivity contribution >= 4 is 17.3 Å². The smallest absolute Gasteiger partial charge is 0.282 e. The molecule has 0 aromatic heterocycles. The molecule has 1 aliphatic heterocycles. The molecule has 1 saturated heterocycles. The fraction of sp³-hybridized carbons (Fsp3) is 0.381. The number of ether oxygens (including phenoxy) is 1. The van der Waals surface area contributed by atoms with Crippen LogP contribution in [0.4, 0.5) is 11.4 Å². The average Bonchev–Trinajstić information content (AvgIpc) is 2.68. The second-order valence-corrected chi connectivity index (χ2v) is 7.05. The van der Waals surface area contributed by atoms with E-state index in [1.165, 1.54) is 4.90 Å². The molecule has 0 bridgehead atoms. The van der Waals surface area contributed by atoms with Crippen molar-refractivity contribution in [2.24, 2.45) is 0 Å². The van der Waals surface area contributed by atoms with Crippen LogP contribution >= 0.6 is 0 Å². The molecule has 1 atom stereocenters. The Morgan fingerprint density at radius 2 is 1.93 bits per heavy atom. The van der Waals surface area contributed by atoms with Crippen LogP contribution < -0.4 is 19.9 Å². The molecule has 1 fully saturated rings. The second kappa shape index (κ2) is 8.31. The van der Waals surface area contributed by atoms with Crippen LogP contribution in [0.3, 0.4) is 0 Å². The number of nitrogens with zero attached hydrogens (tertiary/aromatic N) is 1. The number of nitrogens with one attached hydrogen (secondary N) is 2. The van der Waals surface area contributed by atoms with Crippen molar-refractivity contribution in [3.8, 4) is 11.5 Å². The van der Waals surface area contributed by atoms with Gasteiger partial charge in [-0.05, 0) is 43.7 Å². The summed E-state index contributed by atoms with van der Waals surface area (Å²) in [5.41, 5.74) is 2.64.